The fraction of sp³-hybridized carbons (Fsp3) is 0.500. The zero-order valence-electron chi connectivity index (χ0n) is 7.69. The normalized spacial score (nSPS) is 27.6. The van der Waals surface area contributed by atoms with E-state index in [0.717, 1.165) is 5.69 Å². The topological polar surface area (TPSA) is 42.4 Å². The molecular formula is C10H12ClNO2. The minimum Gasteiger partial charge on any atom is -0.393 e. The van der Waals surface area contributed by atoms with Crippen LogP contribution in [0.25, 0.3) is 0 Å². The summed E-state index contributed by atoms with van der Waals surface area (Å²) >= 11 is 5.98. The minimum atomic E-state index is -0.299. The molecule has 2 atom stereocenters. The van der Waals surface area contributed by atoms with Gasteiger partial charge in [-0.25, -0.2) is 0 Å². The first-order chi connectivity index (χ1) is 6.77. The van der Waals surface area contributed by atoms with E-state index in [-0.39, 0.29) is 12.2 Å². The summed E-state index contributed by atoms with van der Waals surface area (Å²) in [7, 11) is 0. The van der Waals surface area contributed by atoms with Gasteiger partial charge in [-0.15, -0.1) is 0 Å². The highest BCUT2D eigenvalue weighted by molar-refractivity contribution is 6.31. The van der Waals surface area contributed by atoms with Crippen LogP contribution >= 0.6 is 11.6 Å². The predicted octanol–water partition coefficient (Wildman–Crippen LogP) is 1.95. The molecule has 1 saturated heterocycles. The van der Waals surface area contributed by atoms with Crippen molar-refractivity contribution in [1.82, 2.24) is 4.98 Å². The molecule has 1 aromatic heterocycles. The third kappa shape index (κ3) is 2.05. The van der Waals surface area contributed by atoms with Crippen LogP contribution in [0.5, 0.6) is 0 Å². The number of aromatic nitrogens is 1. The second-order valence-corrected chi connectivity index (χ2v) is 3.82. The van der Waals surface area contributed by atoms with Crippen molar-refractivity contribution < 1.29 is 9.84 Å². The van der Waals surface area contributed by atoms with Crippen LogP contribution in [0, 0.1) is 0 Å². The van der Waals surface area contributed by atoms with Crippen LogP contribution in [0.1, 0.15) is 24.6 Å². The van der Waals surface area contributed by atoms with Crippen LogP contribution in [-0.2, 0) is 4.74 Å². The molecular weight excluding hydrogens is 202 g/mol. The van der Waals surface area contributed by atoms with Crippen LogP contribution in [0.3, 0.4) is 0 Å². The SMILES string of the molecule is OC1CCOC(c2ncccc2Cl)C1. The molecule has 76 valence electrons. The molecule has 0 spiro atoms. The van der Waals surface area contributed by atoms with Gasteiger partial charge in [0.05, 0.1) is 16.8 Å². The van der Waals surface area contributed by atoms with Gasteiger partial charge in [0.1, 0.15) is 6.10 Å². The Labute approximate surface area is 87.7 Å². The summed E-state index contributed by atoms with van der Waals surface area (Å²) < 4.78 is 5.51. The van der Waals surface area contributed by atoms with Crippen LogP contribution in [0.4, 0.5) is 0 Å². The van der Waals surface area contributed by atoms with Crippen molar-refractivity contribution in [3.05, 3.63) is 29.0 Å². The molecule has 2 heterocycles. The first-order valence-corrected chi connectivity index (χ1v) is 5.05. The second-order valence-electron chi connectivity index (χ2n) is 3.41. The van der Waals surface area contributed by atoms with Crippen LogP contribution in [-0.4, -0.2) is 22.8 Å². The summed E-state index contributed by atoms with van der Waals surface area (Å²) in [5, 5.41) is 10.1. The van der Waals surface area contributed by atoms with Gasteiger partial charge in [0, 0.05) is 19.2 Å². The molecule has 2 unspecified atom stereocenters. The zero-order valence-corrected chi connectivity index (χ0v) is 8.44. The molecule has 1 aromatic rings. The summed E-state index contributed by atoms with van der Waals surface area (Å²) in [5.41, 5.74) is 0.730. The molecule has 14 heavy (non-hydrogen) atoms. The first kappa shape index (κ1) is 9.90. The molecule has 0 aliphatic carbocycles. The number of pyridine rings is 1. The number of aliphatic hydroxyl groups excluding tert-OH is 1. The molecule has 0 amide bonds. The number of aliphatic hydroxyl groups is 1. The number of hydrogen-bond acceptors (Lipinski definition) is 3. The Hall–Kier alpha value is -0.640. The molecule has 0 saturated carbocycles. The predicted molar refractivity (Wildman–Crippen MR) is 53.2 cm³/mol. The Morgan fingerprint density at radius 3 is 3.14 bits per heavy atom. The van der Waals surface area contributed by atoms with Crippen molar-refractivity contribution >= 4 is 11.6 Å². The molecule has 0 bridgehead atoms. The second kappa shape index (κ2) is 4.26. The Bertz CT molecular complexity index is 319. The minimum absolute atomic E-state index is 0.160. The van der Waals surface area contributed by atoms with Crippen LogP contribution in [0.15, 0.2) is 18.3 Å². The average molecular weight is 214 g/mol. The summed E-state index contributed by atoms with van der Waals surface area (Å²) in [6, 6.07) is 3.57. The maximum absolute atomic E-state index is 9.48. The van der Waals surface area contributed by atoms with Gasteiger partial charge in [0.2, 0.25) is 0 Å². The van der Waals surface area contributed by atoms with E-state index in [4.69, 9.17) is 16.3 Å². The van der Waals surface area contributed by atoms with Gasteiger partial charge in [0.25, 0.3) is 0 Å². The first-order valence-electron chi connectivity index (χ1n) is 4.67. The quantitative estimate of drug-likeness (QED) is 0.776. The fourth-order valence-electron chi connectivity index (χ4n) is 1.60. The number of rotatable bonds is 1. The lowest BCUT2D eigenvalue weighted by molar-refractivity contribution is -0.0465. The van der Waals surface area contributed by atoms with Gasteiger partial charge in [-0.1, -0.05) is 11.6 Å². The third-order valence-corrected chi connectivity index (χ3v) is 2.67. The van der Waals surface area contributed by atoms with Gasteiger partial charge in [-0.2, -0.15) is 0 Å². The van der Waals surface area contributed by atoms with Crippen molar-refractivity contribution in [2.75, 3.05) is 6.61 Å². The highest BCUT2D eigenvalue weighted by atomic mass is 35.5. The number of hydrogen-bond donors (Lipinski definition) is 1. The lowest BCUT2D eigenvalue weighted by Crippen LogP contribution is -2.24. The lowest BCUT2D eigenvalue weighted by atomic mass is 10.0. The molecule has 4 heteroatoms. The zero-order chi connectivity index (χ0) is 9.97. The monoisotopic (exact) mass is 213 g/mol. The van der Waals surface area contributed by atoms with Crippen molar-refractivity contribution in [2.24, 2.45) is 0 Å². The Morgan fingerprint density at radius 2 is 2.43 bits per heavy atom. The average Bonchev–Trinajstić information content (AvgIpc) is 2.18. The molecule has 1 aliphatic rings. The smallest absolute Gasteiger partial charge is 0.103 e. The largest absolute Gasteiger partial charge is 0.393 e. The van der Waals surface area contributed by atoms with Gasteiger partial charge >= 0.3 is 0 Å². The van der Waals surface area contributed by atoms with E-state index >= 15 is 0 Å². The molecule has 2 rings (SSSR count). The van der Waals surface area contributed by atoms with Crippen molar-refractivity contribution in [3.8, 4) is 0 Å². The van der Waals surface area contributed by atoms with E-state index in [9.17, 15) is 5.11 Å². The number of ether oxygens (including phenoxy) is 1. The molecule has 1 fully saturated rings. The van der Waals surface area contributed by atoms with E-state index in [1.165, 1.54) is 0 Å². The van der Waals surface area contributed by atoms with Gasteiger partial charge < -0.3 is 9.84 Å². The van der Waals surface area contributed by atoms with Crippen LogP contribution in [0.2, 0.25) is 5.02 Å². The van der Waals surface area contributed by atoms with Gasteiger partial charge in [0.15, 0.2) is 0 Å². The maximum Gasteiger partial charge on any atom is 0.103 e. The van der Waals surface area contributed by atoms with E-state index in [1.54, 1.807) is 18.3 Å². The maximum atomic E-state index is 9.48. The number of nitrogens with zero attached hydrogens (tertiary/aromatic N) is 1. The van der Waals surface area contributed by atoms with Crippen molar-refractivity contribution in [1.29, 1.82) is 0 Å². The van der Waals surface area contributed by atoms with E-state index in [0.29, 0.717) is 24.5 Å². The summed E-state index contributed by atoms with van der Waals surface area (Å²) in [5.74, 6) is 0. The molecule has 0 radical (unpaired) electrons. The number of halogens is 1. The van der Waals surface area contributed by atoms with Crippen LogP contribution < -0.4 is 0 Å². The molecule has 1 N–H and O–H groups in total. The summed E-state index contributed by atoms with van der Waals surface area (Å²) in [6.45, 7) is 0.568. The highest BCUT2D eigenvalue weighted by Crippen LogP contribution is 2.30. The van der Waals surface area contributed by atoms with E-state index in [2.05, 4.69) is 4.98 Å². The standard InChI is InChI=1S/C10H12ClNO2/c11-8-2-1-4-12-10(8)9-6-7(13)3-5-14-9/h1-2,4,7,9,13H,3,5-6H2. The highest BCUT2D eigenvalue weighted by Gasteiger charge is 2.24. The van der Waals surface area contributed by atoms with Crippen molar-refractivity contribution in [2.45, 2.75) is 25.0 Å². The Morgan fingerprint density at radius 1 is 1.57 bits per heavy atom. The Balaban J connectivity index is 2.18. The molecule has 0 aromatic carbocycles. The van der Waals surface area contributed by atoms with Gasteiger partial charge in [-0.05, 0) is 18.6 Å². The fourth-order valence-corrected chi connectivity index (χ4v) is 1.85. The third-order valence-electron chi connectivity index (χ3n) is 2.35. The van der Waals surface area contributed by atoms with E-state index < -0.39 is 0 Å². The molecule has 3 nitrogen and oxygen atoms in total. The summed E-state index contributed by atoms with van der Waals surface area (Å²) in [6.07, 6.45) is 2.50. The Kier molecular flexibility index (Phi) is 3.01. The van der Waals surface area contributed by atoms with Crippen molar-refractivity contribution in [3.63, 3.8) is 0 Å². The lowest BCUT2D eigenvalue weighted by Gasteiger charge is -2.26. The molecule has 1 aliphatic heterocycles. The van der Waals surface area contributed by atoms with Gasteiger partial charge in [-0.3, -0.25) is 4.98 Å². The summed E-state index contributed by atoms with van der Waals surface area (Å²) in [4.78, 5) is 4.17. The van der Waals surface area contributed by atoms with E-state index in [1.807, 2.05) is 0 Å².